The molecule has 0 spiro atoms. The van der Waals surface area contributed by atoms with Crippen LogP contribution in [0.1, 0.15) is 56.6 Å². The lowest BCUT2D eigenvalue weighted by Gasteiger charge is -2.34. The van der Waals surface area contributed by atoms with Gasteiger partial charge in [0, 0.05) is 17.6 Å². The summed E-state index contributed by atoms with van der Waals surface area (Å²) in [5, 5.41) is 3.61. The van der Waals surface area contributed by atoms with E-state index in [-0.39, 0.29) is 23.4 Å². The molecule has 11 heteroatoms. The molecular weight excluding hydrogens is 666 g/mol. The minimum atomic E-state index is -4.23. The van der Waals surface area contributed by atoms with E-state index in [1.807, 2.05) is 19.9 Å². The molecule has 0 bridgehead atoms. The molecule has 1 N–H and O–H groups in total. The maximum absolute atomic E-state index is 14.3. The van der Waals surface area contributed by atoms with Crippen LogP contribution < -0.4 is 14.4 Å². The molecule has 1 saturated carbocycles. The molecule has 0 radical (unpaired) electrons. The number of anilines is 1. The number of hydrogen-bond acceptors (Lipinski definition) is 5. The Morgan fingerprint density at radius 1 is 1.05 bits per heavy atom. The molecule has 0 unspecified atom stereocenters. The van der Waals surface area contributed by atoms with Crippen LogP contribution >= 0.6 is 27.5 Å². The maximum atomic E-state index is 14.3. The van der Waals surface area contributed by atoms with E-state index in [0.717, 1.165) is 42.0 Å². The van der Waals surface area contributed by atoms with Crippen molar-refractivity contribution in [3.05, 3.63) is 87.4 Å². The largest absolute Gasteiger partial charge is 0.496 e. The van der Waals surface area contributed by atoms with E-state index in [2.05, 4.69) is 21.2 Å². The zero-order valence-electron chi connectivity index (χ0n) is 25.3. The highest BCUT2D eigenvalue weighted by Crippen LogP contribution is 2.31. The van der Waals surface area contributed by atoms with Crippen molar-refractivity contribution in [3.63, 3.8) is 0 Å². The number of aryl methyl sites for hydroxylation is 1. The Hall–Kier alpha value is -3.08. The molecule has 0 aliphatic heterocycles. The van der Waals surface area contributed by atoms with Gasteiger partial charge in [-0.2, -0.15) is 0 Å². The van der Waals surface area contributed by atoms with Crippen molar-refractivity contribution in [1.82, 2.24) is 10.2 Å². The second kappa shape index (κ2) is 15.3. The molecule has 1 fully saturated rings. The molecule has 0 heterocycles. The minimum Gasteiger partial charge on any atom is -0.496 e. The van der Waals surface area contributed by atoms with Crippen LogP contribution in [0.15, 0.2) is 76.1 Å². The molecule has 3 aromatic carbocycles. The number of hydrogen-bond donors (Lipinski definition) is 1. The zero-order chi connectivity index (χ0) is 31.9. The Bertz CT molecular complexity index is 1560. The van der Waals surface area contributed by atoms with Gasteiger partial charge in [-0.25, -0.2) is 8.42 Å². The van der Waals surface area contributed by atoms with Gasteiger partial charge in [-0.3, -0.25) is 13.9 Å². The van der Waals surface area contributed by atoms with Crippen LogP contribution in [-0.2, 0) is 26.2 Å². The number of nitrogens with zero attached hydrogens (tertiary/aromatic N) is 2. The van der Waals surface area contributed by atoms with Crippen molar-refractivity contribution >= 4 is 55.1 Å². The average Bonchev–Trinajstić information content (AvgIpc) is 3.01. The summed E-state index contributed by atoms with van der Waals surface area (Å²) in [6.45, 7) is 3.27. The molecule has 8 nitrogen and oxygen atoms in total. The first-order chi connectivity index (χ1) is 21.0. The van der Waals surface area contributed by atoms with Crippen LogP contribution in [0.25, 0.3) is 0 Å². The van der Waals surface area contributed by atoms with Gasteiger partial charge in [0.1, 0.15) is 18.3 Å². The number of carbonyl (C=O) groups excluding carboxylic acids is 2. The molecule has 1 atom stereocenters. The molecule has 0 saturated heterocycles. The van der Waals surface area contributed by atoms with Gasteiger partial charge >= 0.3 is 0 Å². The Labute approximate surface area is 273 Å². The van der Waals surface area contributed by atoms with Gasteiger partial charge in [-0.1, -0.05) is 73.7 Å². The Morgan fingerprint density at radius 2 is 1.73 bits per heavy atom. The van der Waals surface area contributed by atoms with E-state index in [1.165, 1.54) is 24.1 Å². The van der Waals surface area contributed by atoms with Crippen molar-refractivity contribution in [2.75, 3.05) is 18.0 Å². The predicted octanol–water partition coefficient (Wildman–Crippen LogP) is 6.87. The molecule has 2 amide bonds. The number of nitrogens with one attached hydrogen (secondary N) is 1. The minimum absolute atomic E-state index is 0.0155. The fraction of sp³-hybridized carbons (Fsp3) is 0.394. The van der Waals surface area contributed by atoms with Gasteiger partial charge in [0.15, 0.2) is 0 Å². The number of benzene rings is 3. The van der Waals surface area contributed by atoms with Gasteiger partial charge in [0.25, 0.3) is 10.0 Å². The van der Waals surface area contributed by atoms with Crippen LogP contribution in [0.5, 0.6) is 5.75 Å². The smallest absolute Gasteiger partial charge is 0.264 e. The van der Waals surface area contributed by atoms with Crippen molar-refractivity contribution in [3.8, 4) is 5.75 Å². The van der Waals surface area contributed by atoms with E-state index in [1.54, 1.807) is 48.5 Å². The van der Waals surface area contributed by atoms with E-state index >= 15 is 0 Å². The molecule has 1 aliphatic rings. The summed E-state index contributed by atoms with van der Waals surface area (Å²) in [5.41, 5.74) is 1.93. The SMILES string of the molecule is CC[C@@H](C(=O)NC1CCCCC1)N(Cc1ccccc1Cl)C(=O)CN(c1ccc(C)cc1)S(=O)(=O)c1ccc(OC)c(Br)c1. The molecular formula is C33H39BrClN3O5S. The summed E-state index contributed by atoms with van der Waals surface area (Å²) in [6, 6.07) is 17.8. The fourth-order valence-electron chi connectivity index (χ4n) is 5.45. The molecule has 1 aliphatic carbocycles. The summed E-state index contributed by atoms with van der Waals surface area (Å²) in [7, 11) is -2.73. The maximum Gasteiger partial charge on any atom is 0.264 e. The number of ether oxygens (including phenoxy) is 1. The summed E-state index contributed by atoms with van der Waals surface area (Å²) in [4.78, 5) is 29.4. The van der Waals surface area contributed by atoms with Crippen LogP contribution in [0.3, 0.4) is 0 Å². The summed E-state index contributed by atoms with van der Waals surface area (Å²) >= 11 is 9.88. The van der Waals surface area contributed by atoms with E-state index < -0.39 is 28.5 Å². The van der Waals surface area contributed by atoms with Crippen molar-refractivity contribution < 1.29 is 22.7 Å². The normalized spacial score (nSPS) is 14.5. The fourth-order valence-corrected chi connectivity index (χ4v) is 7.78. The number of methoxy groups -OCH3 is 1. The highest BCUT2D eigenvalue weighted by molar-refractivity contribution is 9.10. The first kappa shape index (κ1) is 33.8. The zero-order valence-corrected chi connectivity index (χ0v) is 28.4. The van der Waals surface area contributed by atoms with Gasteiger partial charge in [0.05, 0.1) is 22.2 Å². The second-order valence-electron chi connectivity index (χ2n) is 11.0. The number of halogens is 2. The van der Waals surface area contributed by atoms with E-state index in [9.17, 15) is 18.0 Å². The molecule has 3 aromatic rings. The number of sulfonamides is 1. The van der Waals surface area contributed by atoms with Crippen LogP contribution in [0.4, 0.5) is 5.69 Å². The average molecular weight is 705 g/mol. The third kappa shape index (κ3) is 8.14. The third-order valence-electron chi connectivity index (χ3n) is 7.95. The van der Waals surface area contributed by atoms with Gasteiger partial charge in [0.2, 0.25) is 11.8 Å². The predicted molar refractivity (Wildman–Crippen MR) is 178 cm³/mol. The van der Waals surface area contributed by atoms with Gasteiger partial charge in [-0.15, -0.1) is 0 Å². The lowest BCUT2D eigenvalue weighted by atomic mass is 9.95. The molecule has 4 rings (SSSR count). The van der Waals surface area contributed by atoms with Crippen LogP contribution in [-0.4, -0.2) is 50.9 Å². The van der Waals surface area contributed by atoms with Crippen molar-refractivity contribution in [2.24, 2.45) is 0 Å². The Kier molecular flexibility index (Phi) is 11.7. The summed E-state index contributed by atoms with van der Waals surface area (Å²) < 4.78 is 35.2. The summed E-state index contributed by atoms with van der Waals surface area (Å²) in [6.07, 6.45) is 5.39. The first-order valence-corrected chi connectivity index (χ1v) is 17.4. The number of carbonyl (C=O) groups is 2. The highest BCUT2D eigenvalue weighted by Gasteiger charge is 2.35. The Morgan fingerprint density at radius 3 is 2.34 bits per heavy atom. The highest BCUT2D eigenvalue weighted by atomic mass is 79.9. The monoisotopic (exact) mass is 703 g/mol. The molecule has 236 valence electrons. The van der Waals surface area contributed by atoms with Crippen molar-refractivity contribution in [1.29, 1.82) is 0 Å². The lowest BCUT2D eigenvalue weighted by molar-refractivity contribution is -0.140. The van der Waals surface area contributed by atoms with Gasteiger partial charge < -0.3 is 15.0 Å². The van der Waals surface area contributed by atoms with Crippen molar-refractivity contribution in [2.45, 2.75) is 75.9 Å². The molecule has 44 heavy (non-hydrogen) atoms. The lowest BCUT2D eigenvalue weighted by Crippen LogP contribution is -2.54. The first-order valence-electron chi connectivity index (χ1n) is 14.8. The van der Waals surface area contributed by atoms with Crippen LogP contribution in [0, 0.1) is 6.92 Å². The second-order valence-corrected chi connectivity index (χ2v) is 14.1. The number of amides is 2. The van der Waals surface area contributed by atoms with E-state index in [0.29, 0.717) is 32.9 Å². The third-order valence-corrected chi connectivity index (χ3v) is 10.7. The van der Waals surface area contributed by atoms with Gasteiger partial charge in [-0.05, 0) is 84.1 Å². The quantitative estimate of drug-likeness (QED) is 0.222. The topological polar surface area (TPSA) is 96.0 Å². The Balaban J connectivity index is 1.73. The summed E-state index contributed by atoms with van der Waals surface area (Å²) in [5.74, 6) is -0.293. The number of rotatable bonds is 12. The molecule has 0 aromatic heterocycles. The van der Waals surface area contributed by atoms with Crippen LogP contribution in [0.2, 0.25) is 5.02 Å². The standard InChI is InChI=1S/C33H39BrClN3O5S/c1-4-30(33(40)36-25-11-6-5-7-12-25)37(21-24-10-8-9-13-29(24)35)32(39)22-38(26-16-14-23(2)15-17-26)44(41,42)27-18-19-31(43-3)28(34)20-27/h8-10,13-20,25,30H,4-7,11-12,21-22H2,1-3H3,(H,36,40)/t30-/m0/s1. The van der Waals surface area contributed by atoms with E-state index in [4.69, 9.17) is 16.3 Å².